The molecule has 0 atom stereocenters. The molecule has 0 aromatic heterocycles. The fourth-order valence-electron chi connectivity index (χ4n) is 9.12. The minimum absolute atomic E-state index is 0.0237. The number of alkyl carbamates (subject to hydrolysis) is 3. The zero-order valence-corrected chi connectivity index (χ0v) is 62.5. The molecular weight excluding hydrogens is 1210 g/mol. The molecule has 5 aromatic carbocycles. The van der Waals surface area contributed by atoms with E-state index in [4.69, 9.17) is 47.7 Å². The number of ether oxygens (including phenoxy) is 9. The van der Waals surface area contributed by atoms with Gasteiger partial charge in [0, 0.05) is 39.6 Å². The number of hydrogen-bond donors (Lipinski definition) is 4. The highest BCUT2D eigenvalue weighted by Gasteiger charge is 2.24. The zero-order chi connectivity index (χ0) is 71.6. The van der Waals surface area contributed by atoms with Gasteiger partial charge >= 0.3 is 18.3 Å². The van der Waals surface area contributed by atoms with Crippen LogP contribution in [0.1, 0.15) is 217 Å². The molecule has 96 heavy (non-hydrogen) atoms. The van der Waals surface area contributed by atoms with E-state index < -0.39 is 18.3 Å². The minimum Gasteiger partial charge on any atom is -0.449 e. The third-order valence-corrected chi connectivity index (χ3v) is 15.6. The Morgan fingerprint density at radius 2 is 0.604 bits per heavy atom. The van der Waals surface area contributed by atoms with Crippen molar-refractivity contribution in [1.29, 1.82) is 0 Å². The summed E-state index contributed by atoms with van der Waals surface area (Å²) in [5.41, 5.74) is 16.7. The molecule has 5 aromatic rings. The van der Waals surface area contributed by atoms with Crippen molar-refractivity contribution in [3.8, 4) is 0 Å². The van der Waals surface area contributed by atoms with Crippen LogP contribution in [0.4, 0.5) is 14.4 Å². The van der Waals surface area contributed by atoms with Gasteiger partial charge in [0.2, 0.25) is 0 Å². The summed E-state index contributed by atoms with van der Waals surface area (Å²) in [7, 11) is 1.49. The predicted molar refractivity (Wildman–Crippen MR) is 387 cm³/mol. The molecule has 4 aliphatic heterocycles. The summed E-state index contributed by atoms with van der Waals surface area (Å²) in [6.45, 7) is 50.5. The first-order valence-corrected chi connectivity index (χ1v) is 34.3. The van der Waals surface area contributed by atoms with Gasteiger partial charge in [-0.2, -0.15) is 0 Å². The van der Waals surface area contributed by atoms with E-state index >= 15 is 0 Å². The summed E-state index contributed by atoms with van der Waals surface area (Å²) in [5.74, 6) is 0. The van der Waals surface area contributed by atoms with E-state index in [2.05, 4.69) is 251 Å². The lowest BCUT2D eigenvalue weighted by molar-refractivity contribution is 0.00623. The molecule has 0 spiro atoms. The van der Waals surface area contributed by atoms with Crippen LogP contribution < -0.4 is 16.0 Å². The van der Waals surface area contributed by atoms with E-state index in [0.717, 1.165) is 39.8 Å². The Hall–Kier alpha value is -6.37. The molecule has 0 saturated heterocycles. The average molecular weight is 1330 g/mol. The molecule has 3 amide bonds. The van der Waals surface area contributed by atoms with Crippen LogP contribution in [-0.4, -0.2) is 110 Å². The monoisotopic (exact) mass is 1330 g/mol. The fourth-order valence-corrected chi connectivity index (χ4v) is 9.12. The summed E-state index contributed by atoms with van der Waals surface area (Å²) >= 11 is 0. The highest BCUT2D eigenvalue weighted by molar-refractivity contribution is 5.68. The number of benzene rings is 5. The largest absolute Gasteiger partial charge is 0.449 e. The molecule has 16 heteroatoms. The van der Waals surface area contributed by atoms with Gasteiger partial charge in [0.15, 0.2) is 0 Å². The smallest absolute Gasteiger partial charge is 0.407 e. The quantitative estimate of drug-likeness (QED) is 0.0682. The van der Waals surface area contributed by atoms with Crippen molar-refractivity contribution >= 4 is 18.3 Å². The van der Waals surface area contributed by atoms with Gasteiger partial charge in [-0.05, 0) is 111 Å². The number of aliphatic hydroxyl groups is 1. The van der Waals surface area contributed by atoms with Gasteiger partial charge in [-0.25, -0.2) is 14.4 Å². The molecule has 0 aliphatic carbocycles. The summed E-state index contributed by atoms with van der Waals surface area (Å²) in [4.78, 5) is 34.4. The van der Waals surface area contributed by atoms with Gasteiger partial charge in [-0.3, -0.25) is 0 Å². The van der Waals surface area contributed by atoms with Crippen LogP contribution in [0.3, 0.4) is 0 Å². The summed E-state index contributed by atoms with van der Waals surface area (Å²) < 4.78 is 48.7. The number of aryl methyl sites for hydroxylation is 1. The van der Waals surface area contributed by atoms with Gasteiger partial charge in [0.25, 0.3) is 0 Å². The molecule has 0 saturated carbocycles. The van der Waals surface area contributed by atoms with Gasteiger partial charge in [-0.1, -0.05) is 235 Å². The number of hydrogen-bond acceptors (Lipinski definition) is 13. The molecular formula is C80H123N3O13. The molecule has 9 rings (SSSR count). The Bertz CT molecular complexity index is 2810. The van der Waals surface area contributed by atoms with Crippen LogP contribution >= 0.6 is 0 Å². The molecule has 536 valence electrons. The van der Waals surface area contributed by atoms with Crippen LogP contribution in [0.25, 0.3) is 0 Å². The lowest BCUT2D eigenvalue weighted by Gasteiger charge is -2.26. The number of aliphatic hydroxyl groups excluding tert-OH is 1. The molecule has 0 radical (unpaired) electrons. The molecule has 4 bridgehead atoms. The van der Waals surface area contributed by atoms with Crippen molar-refractivity contribution in [1.82, 2.24) is 16.0 Å². The Kier molecular flexibility index (Phi) is 36.5. The van der Waals surface area contributed by atoms with E-state index in [9.17, 15) is 14.4 Å². The number of nitrogens with one attached hydrogen (secondary N) is 3. The number of carbonyl (C=O) groups is 3. The van der Waals surface area contributed by atoms with E-state index in [1.54, 1.807) is 0 Å². The minimum atomic E-state index is -0.493. The zero-order valence-electron chi connectivity index (χ0n) is 62.5. The standard InChI is InChI=1S/C24H32O6.C21H34N2O4.C19H31NO3.C16H26/c1-2-22-4-3-21(1)17-27-13-9-25-11-15-29-19-23-5-7-24(8-6-23)20-30-16-12-26-10-14-28-18-22;1-20(2,3)16-11-15(12-17(13-16)21(4,5)6)14-23-19(25)27-10-8-9-26-18(24)22-7;1-18(2,3)15-10-14(11-16(12-15)19(4,5)6)13-20-17(22)23-9-7-8-21;1-8-12-9-13(15(2,3)4)11-14(10-12)16(5,6)7/h1-8H,9-20H2;11-13H,8-10,14H2,1-7H3,(H,22,24)(H,23,25);10-12,21H,7-9,13H2,1-6H3,(H,20,22);9-11H,8H2,1-7H3. The van der Waals surface area contributed by atoms with Crippen molar-refractivity contribution in [2.24, 2.45) is 0 Å². The van der Waals surface area contributed by atoms with Gasteiger partial charge in [-0.15, -0.1) is 0 Å². The Morgan fingerprint density at radius 3 is 0.844 bits per heavy atom. The third-order valence-electron chi connectivity index (χ3n) is 15.6. The first kappa shape index (κ1) is 83.9. The van der Waals surface area contributed by atoms with Crippen molar-refractivity contribution in [3.63, 3.8) is 0 Å². The van der Waals surface area contributed by atoms with E-state index in [0.29, 0.717) is 105 Å². The van der Waals surface area contributed by atoms with E-state index in [-0.39, 0.29) is 58.9 Å². The molecule has 0 fully saturated rings. The Balaban J connectivity index is 0.000000341. The second kappa shape index (κ2) is 41.8. The molecule has 4 aliphatic rings. The van der Waals surface area contributed by atoms with Crippen LogP contribution in [0.15, 0.2) is 103 Å². The van der Waals surface area contributed by atoms with Gasteiger partial charge in [0.05, 0.1) is 99.1 Å². The molecule has 4 heterocycles. The van der Waals surface area contributed by atoms with Crippen LogP contribution in [-0.2, 0) is 121 Å². The lowest BCUT2D eigenvalue weighted by Crippen LogP contribution is -2.26. The fraction of sp³-hybridized carbons (Fsp3) is 0.588. The maximum Gasteiger partial charge on any atom is 0.407 e. The topological polar surface area (TPSA) is 191 Å². The molecule has 0 unspecified atom stereocenters. The second-order valence-electron chi connectivity index (χ2n) is 30.5. The Labute approximate surface area is 578 Å². The van der Waals surface area contributed by atoms with Gasteiger partial charge in [0.1, 0.15) is 0 Å². The van der Waals surface area contributed by atoms with Crippen LogP contribution in [0.2, 0.25) is 0 Å². The van der Waals surface area contributed by atoms with Gasteiger partial charge < -0.3 is 63.7 Å². The average Bonchev–Trinajstić information content (AvgIpc) is 0.926. The number of carbonyl (C=O) groups excluding carboxylic acids is 3. The van der Waals surface area contributed by atoms with Crippen molar-refractivity contribution < 1.29 is 62.1 Å². The maximum atomic E-state index is 11.9. The summed E-state index contributed by atoms with van der Waals surface area (Å²) in [5, 5.41) is 16.6. The highest BCUT2D eigenvalue weighted by atomic mass is 16.6. The van der Waals surface area contributed by atoms with E-state index in [1.165, 1.54) is 46.0 Å². The highest BCUT2D eigenvalue weighted by Crippen LogP contribution is 2.33. The second-order valence-corrected chi connectivity index (χ2v) is 30.5. The van der Waals surface area contributed by atoms with Crippen molar-refractivity contribution in [3.05, 3.63) is 175 Å². The normalized spacial score (nSPS) is 14.3. The Morgan fingerprint density at radius 1 is 0.365 bits per heavy atom. The SMILES string of the molecule is CC(C)(C)c1cc(CNC(=O)OCCCO)cc(C(C)(C)C)c1.CCc1cc(C(C)(C)C)cc(C(C)(C)C)c1.CNC(=O)OCCCOC(=O)NCc1cc(C(C)(C)C)cc(C(C)(C)C)c1.c1cc2ccc1COCCOCCOCc1ccc(cc1)COCCOCCOC2. The van der Waals surface area contributed by atoms with Crippen molar-refractivity contribution in [2.45, 2.75) is 223 Å². The van der Waals surface area contributed by atoms with Crippen LogP contribution in [0, 0.1) is 0 Å². The lowest BCUT2D eigenvalue weighted by atomic mass is 9.79. The first-order chi connectivity index (χ1) is 45.0. The summed E-state index contributed by atoms with van der Waals surface area (Å²) in [6, 6.07) is 36.7. The number of amides is 3. The van der Waals surface area contributed by atoms with E-state index in [1.807, 2.05) is 0 Å². The first-order valence-electron chi connectivity index (χ1n) is 34.3. The molecule has 16 nitrogen and oxygen atoms in total. The van der Waals surface area contributed by atoms with Crippen molar-refractivity contribution in [2.75, 3.05) is 86.3 Å². The summed E-state index contributed by atoms with van der Waals surface area (Å²) in [6.07, 6.45) is 0.612. The third kappa shape index (κ3) is 35.2. The molecule has 4 N–H and O–H groups in total. The number of rotatable bonds is 12. The maximum absolute atomic E-state index is 11.9. The predicted octanol–water partition coefficient (Wildman–Crippen LogP) is 16.5. The van der Waals surface area contributed by atoms with Crippen LogP contribution in [0.5, 0.6) is 0 Å².